The van der Waals surface area contributed by atoms with Gasteiger partial charge < -0.3 is 25.1 Å². The lowest BCUT2D eigenvalue weighted by Gasteiger charge is -2.30. The monoisotopic (exact) mass is 601 g/mol. The molecule has 0 unspecified atom stereocenters. The largest absolute Gasteiger partial charge is 0.480 e. The molecule has 2 rings (SSSR count). The average molecular weight is 602 g/mol. The number of carbonyl (C=O) groups is 2. The predicted molar refractivity (Wildman–Crippen MR) is 134 cm³/mol. The van der Waals surface area contributed by atoms with Crippen LogP contribution in [0, 0.1) is 10.8 Å². The first-order chi connectivity index (χ1) is 17.8. The Morgan fingerprint density at radius 1 is 1.15 bits per heavy atom. The molecule has 1 aromatic heterocycles. The topological polar surface area (TPSA) is 188 Å². The van der Waals surface area contributed by atoms with Crippen LogP contribution in [0.25, 0.3) is 0 Å². The molecule has 222 valence electrons. The quantitative estimate of drug-likeness (QED) is 0.163. The second kappa shape index (κ2) is 12.6. The highest BCUT2D eigenvalue weighted by Gasteiger charge is 2.57. The molecule has 1 aromatic rings. The van der Waals surface area contributed by atoms with Gasteiger partial charge in [-0.2, -0.15) is 4.98 Å². The van der Waals surface area contributed by atoms with Crippen molar-refractivity contribution in [2.24, 2.45) is 10.8 Å². The van der Waals surface area contributed by atoms with Crippen molar-refractivity contribution in [3.8, 4) is 0 Å². The molecule has 1 fully saturated rings. The highest BCUT2D eigenvalue weighted by Crippen LogP contribution is 2.52. The number of nitrogens with two attached hydrogens (primary N) is 1. The summed E-state index contributed by atoms with van der Waals surface area (Å²) >= 11 is 6.00. The normalized spacial score (nSPS) is 24.0. The van der Waals surface area contributed by atoms with Gasteiger partial charge in [0.15, 0.2) is 12.4 Å². The SMILES string of the molecule is CC(C)(C)C(=O)OCOP(=O)(OCOC(=O)C(C)(C)C)OC[C@@]1(CCl)O[C@@H](n2ccc(N)nc2=O)[C@H](F)[C@@H]1O. The number of hydrogen-bond donors (Lipinski definition) is 2. The number of nitrogen functional groups attached to an aromatic ring is 1. The predicted octanol–water partition coefficient (Wildman–Crippen LogP) is 2.28. The maximum Gasteiger partial charge on any atom is 0.480 e. The third-order valence-electron chi connectivity index (χ3n) is 5.31. The van der Waals surface area contributed by atoms with Crippen LogP contribution < -0.4 is 11.4 Å². The fourth-order valence-corrected chi connectivity index (χ4v) is 4.20. The minimum Gasteiger partial charge on any atom is -0.437 e. The Balaban J connectivity index is 2.21. The van der Waals surface area contributed by atoms with Crippen LogP contribution in [0.4, 0.5) is 10.2 Å². The number of aromatic nitrogens is 2. The standard InChI is InChI=1S/C22H34ClFN3O11P/c1-20(2,3)17(29)33-11-36-39(32,37-12-34-18(30)21(4,5)6)35-10-22(9-23)15(28)14(24)16(38-22)27-8-7-13(25)26-19(27)31/h7-8,14-16,28H,9-12H2,1-6H3,(H2,25,26,31)/t14-,15+,16-,22-/m1/s1. The number of esters is 2. The molecule has 17 heteroatoms. The van der Waals surface area contributed by atoms with E-state index in [1.54, 1.807) is 41.5 Å². The molecule has 0 spiro atoms. The van der Waals surface area contributed by atoms with Gasteiger partial charge in [-0.05, 0) is 47.6 Å². The van der Waals surface area contributed by atoms with Crippen molar-refractivity contribution in [1.29, 1.82) is 0 Å². The van der Waals surface area contributed by atoms with E-state index in [2.05, 4.69) is 4.98 Å². The summed E-state index contributed by atoms with van der Waals surface area (Å²) in [5.41, 5.74) is 0.612. The van der Waals surface area contributed by atoms with Crippen molar-refractivity contribution in [3.05, 3.63) is 22.7 Å². The van der Waals surface area contributed by atoms with E-state index in [-0.39, 0.29) is 5.82 Å². The number of rotatable bonds is 11. The van der Waals surface area contributed by atoms with Crippen LogP contribution in [0.15, 0.2) is 17.1 Å². The summed E-state index contributed by atoms with van der Waals surface area (Å²) in [4.78, 5) is 39.7. The summed E-state index contributed by atoms with van der Waals surface area (Å²) in [6.07, 6.45) is -4.75. The zero-order valence-corrected chi connectivity index (χ0v) is 24.1. The van der Waals surface area contributed by atoms with E-state index in [9.17, 15) is 24.1 Å². The van der Waals surface area contributed by atoms with Crippen LogP contribution in [0.3, 0.4) is 0 Å². The number of anilines is 1. The molecule has 0 bridgehead atoms. The molecule has 0 radical (unpaired) electrons. The molecule has 1 aliphatic heterocycles. The molecule has 0 saturated carbocycles. The van der Waals surface area contributed by atoms with Crippen molar-refractivity contribution >= 4 is 37.2 Å². The summed E-state index contributed by atoms with van der Waals surface area (Å²) in [5.74, 6) is -2.12. The Kier molecular flexibility index (Phi) is 10.7. The van der Waals surface area contributed by atoms with Crippen LogP contribution in [0.5, 0.6) is 0 Å². The maximum absolute atomic E-state index is 15.1. The first-order valence-electron chi connectivity index (χ1n) is 11.6. The van der Waals surface area contributed by atoms with Gasteiger partial charge >= 0.3 is 25.5 Å². The number of phosphoric acid groups is 1. The third kappa shape index (κ3) is 8.43. The summed E-state index contributed by atoms with van der Waals surface area (Å²) in [5, 5.41) is 10.6. The van der Waals surface area contributed by atoms with Gasteiger partial charge in [-0.15, -0.1) is 11.6 Å². The number of alkyl halides is 2. The van der Waals surface area contributed by atoms with E-state index in [1.165, 1.54) is 6.07 Å². The molecule has 1 aliphatic rings. The summed E-state index contributed by atoms with van der Waals surface area (Å²) in [7, 11) is -4.72. The number of halogens is 2. The van der Waals surface area contributed by atoms with Gasteiger partial charge in [0.1, 0.15) is 17.5 Å². The first-order valence-corrected chi connectivity index (χ1v) is 13.6. The minimum absolute atomic E-state index is 0.119. The second-order valence-electron chi connectivity index (χ2n) is 10.7. The van der Waals surface area contributed by atoms with Crippen molar-refractivity contribution in [3.63, 3.8) is 0 Å². The van der Waals surface area contributed by atoms with Gasteiger partial charge in [0.2, 0.25) is 13.6 Å². The van der Waals surface area contributed by atoms with Crippen LogP contribution in [-0.2, 0) is 41.9 Å². The Labute approximate surface area is 229 Å². The van der Waals surface area contributed by atoms with E-state index in [1.807, 2.05) is 0 Å². The first kappa shape index (κ1) is 33.1. The lowest BCUT2D eigenvalue weighted by atomic mass is 9.98. The molecule has 0 amide bonds. The van der Waals surface area contributed by atoms with Gasteiger partial charge in [0.25, 0.3) is 0 Å². The molecule has 1 saturated heterocycles. The van der Waals surface area contributed by atoms with Gasteiger partial charge in [-0.1, -0.05) is 0 Å². The van der Waals surface area contributed by atoms with E-state index in [4.69, 9.17) is 45.1 Å². The van der Waals surface area contributed by atoms with Crippen molar-refractivity contribution < 1.29 is 51.4 Å². The molecule has 4 atom stereocenters. The molecular weight excluding hydrogens is 568 g/mol. The number of phosphoric ester groups is 1. The highest BCUT2D eigenvalue weighted by atomic mass is 35.5. The van der Waals surface area contributed by atoms with Crippen molar-refractivity contribution in [2.75, 3.05) is 31.8 Å². The van der Waals surface area contributed by atoms with E-state index in [0.29, 0.717) is 0 Å². The van der Waals surface area contributed by atoms with Crippen LogP contribution in [0.1, 0.15) is 47.8 Å². The zero-order chi connectivity index (χ0) is 29.8. The lowest BCUT2D eigenvalue weighted by Crippen LogP contribution is -2.47. The number of aliphatic hydroxyl groups excluding tert-OH is 1. The van der Waals surface area contributed by atoms with Crippen molar-refractivity contribution in [1.82, 2.24) is 9.55 Å². The molecule has 39 heavy (non-hydrogen) atoms. The molecule has 3 N–H and O–H groups in total. The summed E-state index contributed by atoms with van der Waals surface area (Å²) in [6, 6.07) is 1.22. The van der Waals surface area contributed by atoms with Gasteiger partial charge in [0, 0.05) is 6.20 Å². The molecular formula is C22H34ClFN3O11P. The molecule has 2 heterocycles. The Hall–Kier alpha value is -2.13. The minimum atomic E-state index is -4.72. The van der Waals surface area contributed by atoms with Gasteiger partial charge in [-0.3, -0.25) is 18.7 Å². The zero-order valence-electron chi connectivity index (χ0n) is 22.4. The smallest absolute Gasteiger partial charge is 0.437 e. The number of hydrogen-bond acceptors (Lipinski definition) is 13. The van der Waals surface area contributed by atoms with Crippen LogP contribution in [0.2, 0.25) is 0 Å². The number of aliphatic hydroxyl groups is 1. The Morgan fingerprint density at radius 2 is 1.67 bits per heavy atom. The fraction of sp³-hybridized carbons (Fsp3) is 0.727. The number of carbonyl (C=O) groups excluding carboxylic acids is 2. The lowest BCUT2D eigenvalue weighted by molar-refractivity contribution is -0.164. The summed E-state index contributed by atoms with van der Waals surface area (Å²) in [6.45, 7) is 6.77. The maximum atomic E-state index is 15.1. The van der Waals surface area contributed by atoms with E-state index < -0.39 is 86.5 Å². The molecule has 14 nitrogen and oxygen atoms in total. The number of nitrogens with zero attached hydrogens (tertiary/aromatic N) is 2. The fourth-order valence-electron chi connectivity index (χ4n) is 2.94. The third-order valence-corrected chi connectivity index (χ3v) is 7.05. The molecule has 0 aromatic carbocycles. The Morgan fingerprint density at radius 3 is 2.10 bits per heavy atom. The average Bonchev–Trinajstić information content (AvgIpc) is 3.07. The Bertz CT molecular complexity index is 1100. The van der Waals surface area contributed by atoms with Crippen LogP contribution >= 0.6 is 19.4 Å². The van der Waals surface area contributed by atoms with E-state index >= 15 is 4.39 Å². The summed E-state index contributed by atoms with van der Waals surface area (Å²) < 4.78 is 60.0. The second-order valence-corrected chi connectivity index (χ2v) is 12.7. The number of ether oxygens (including phenoxy) is 3. The van der Waals surface area contributed by atoms with Gasteiger partial charge in [0.05, 0.1) is 23.3 Å². The van der Waals surface area contributed by atoms with Gasteiger partial charge in [-0.25, -0.2) is 22.8 Å². The van der Waals surface area contributed by atoms with Crippen LogP contribution in [-0.4, -0.2) is 70.5 Å². The molecule has 0 aliphatic carbocycles. The van der Waals surface area contributed by atoms with Crippen molar-refractivity contribution in [2.45, 2.75) is 65.6 Å². The highest BCUT2D eigenvalue weighted by molar-refractivity contribution is 7.48. The van der Waals surface area contributed by atoms with E-state index in [0.717, 1.165) is 10.8 Å².